The molecule has 0 radical (unpaired) electrons. The molecule has 17 heavy (non-hydrogen) atoms. The SMILES string of the molecule is CCCC(=O)NC(N)=Nc1c(Cl)cccc1Cl. The number of para-hydroxylation sites is 1. The lowest BCUT2D eigenvalue weighted by Gasteiger charge is -2.05. The molecule has 0 spiro atoms. The van der Waals surface area contributed by atoms with Crippen molar-refractivity contribution in [3.05, 3.63) is 28.2 Å². The van der Waals surface area contributed by atoms with E-state index < -0.39 is 0 Å². The first-order valence-electron chi connectivity index (χ1n) is 5.12. The van der Waals surface area contributed by atoms with Gasteiger partial charge in [0.1, 0.15) is 5.69 Å². The molecular formula is C11H13Cl2N3O. The Morgan fingerprint density at radius 1 is 1.41 bits per heavy atom. The van der Waals surface area contributed by atoms with E-state index in [1.165, 1.54) is 0 Å². The van der Waals surface area contributed by atoms with Crippen molar-refractivity contribution in [3.63, 3.8) is 0 Å². The maximum absolute atomic E-state index is 11.3. The Kier molecular flexibility index (Phi) is 5.25. The molecule has 1 amide bonds. The van der Waals surface area contributed by atoms with Crippen LogP contribution in [0.3, 0.4) is 0 Å². The van der Waals surface area contributed by atoms with E-state index in [4.69, 9.17) is 28.9 Å². The van der Waals surface area contributed by atoms with Crippen LogP contribution in [-0.4, -0.2) is 11.9 Å². The molecule has 0 bridgehead atoms. The molecule has 6 heteroatoms. The zero-order chi connectivity index (χ0) is 12.8. The van der Waals surface area contributed by atoms with Crippen molar-refractivity contribution in [2.45, 2.75) is 19.8 Å². The third-order valence-corrected chi connectivity index (χ3v) is 2.52. The van der Waals surface area contributed by atoms with Crippen molar-refractivity contribution in [3.8, 4) is 0 Å². The van der Waals surface area contributed by atoms with E-state index in [2.05, 4.69) is 10.3 Å². The maximum Gasteiger partial charge on any atom is 0.226 e. The Morgan fingerprint density at radius 2 is 2.00 bits per heavy atom. The summed E-state index contributed by atoms with van der Waals surface area (Å²) in [6.45, 7) is 1.90. The fraction of sp³-hybridized carbons (Fsp3) is 0.273. The van der Waals surface area contributed by atoms with Crippen LogP contribution >= 0.6 is 23.2 Å². The zero-order valence-electron chi connectivity index (χ0n) is 9.34. The summed E-state index contributed by atoms with van der Waals surface area (Å²) in [4.78, 5) is 15.3. The molecule has 92 valence electrons. The first-order valence-corrected chi connectivity index (χ1v) is 5.88. The Morgan fingerprint density at radius 3 is 2.53 bits per heavy atom. The van der Waals surface area contributed by atoms with Gasteiger partial charge in [0, 0.05) is 6.42 Å². The summed E-state index contributed by atoms with van der Waals surface area (Å²) < 4.78 is 0. The van der Waals surface area contributed by atoms with Crippen LogP contribution in [-0.2, 0) is 4.79 Å². The molecule has 0 heterocycles. The third-order valence-electron chi connectivity index (χ3n) is 1.91. The molecule has 1 aromatic carbocycles. The molecule has 0 saturated heterocycles. The topological polar surface area (TPSA) is 67.5 Å². The third kappa shape index (κ3) is 4.24. The second-order valence-corrected chi connectivity index (χ2v) is 4.18. The van der Waals surface area contributed by atoms with Crippen LogP contribution in [0.25, 0.3) is 0 Å². The number of aliphatic imine (C=N–C) groups is 1. The summed E-state index contributed by atoms with van der Waals surface area (Å²) in [6.07, 6.45) is 1.14. The number of carbonyl (C=O) groups is 1. The van der Waals surface area contributed by atoms with Crippen LogP contribution in [0, 0.1) is 0 Å². The molecule has 0 atom stereocenters. The van der Waals surface area contributed by atoms with Gasteiger partial charge in [-0.15, -0.1) is 0 Å². The van der Waals surface area contributed by atoms with E-state index in [1.54, 1.807) is 18.2 Å². The Labute approximate surface area is 110 Å². The van der Waals surface area contributed by atoms with Gasteiger partial charge in [-0.3, -0.25) is 10.1 Å². The second-order valence-electron chi connectivity index (χ2n) is 3.37. The van der Waals surface area contributed by atoms with Crippen LogP contribution in [0.15, 0.2) is 23.2 Å². The smallest absolute Gasteiger partial charge is 0.226 e. The van der Waals surface area contributed by atoms with Crippen molar-refractivity contribution >= 4 is 40.8 Å². The lowest BCUT2D eigenvalue weighted by atomic mass is 10.3. The van der Waals surface area contributed by atoms with Crippen LogP contribution in [0.2, 0.25) is 10.0 Å². The molecule has 0 fully saturated rings. The monoisotopic (exact) mass is 273 g/mol. The Bertz CT molecular complexity index is 426. The van der Waals surface area contributed by atoms with Crippen molar-refractivity contribution in [2.24, 2.45) is 10.7 Å². The van der Waals surface area contributed by atoms with E-state index in [0.717, 1.165) is 6.42 Å². The van der Waals surface area contributed by atoms with Crippen molar-refractivity contribution in [1.82, 2.24) is 5.32 Å². The van der Waals surface area contributed by atoms with E-state index in [1.807, 2.05) is 6.92 Å². The second kappa shape index (κ2) is 6.47. The zero-order valence-corrected chi connectivity index (χ0v) is 10.8. The van der Waals surface area contributed by atoms with Gasteiger partial charge >= 0.3 is 0 Å². The lowest BCUT2D eigenvalue weighted by molar-refractivity contribution is -0.119. The number of nitrogens with one attached hydrogen (secondary N) is 1. The fourth-order valence-corrected chi connectivity index (χ4v) is 1.66. The van der Waals surface area contributed by atoms with E-state index >= 15 is 0 Å². The van der Waals surface area contributed by atoms with Gasteiger partial charge in [0.25, 0.3) is 0 Å². The summed E-state index contributed by atoms with van der Waals surface area (Å²) in [5, 5.41) is 3.21. The molecule has 1 rings (SSSR count). The molecule has 0 aliphatic rings. The van der Waals surface area contributed by atoms with Gasteiger partial charge in [0.15, 0.2) is 0 Å². The highest BCUT2D eigenvalue weighted by Crippen LogP contribution is 2.32. The molecule has 1 aromatic rings. The highest BCUT2D eigenvalue weighted by molar-refractivity contribution is 6.38. The minimum Gasteiger partial charge on any atom is -0.369 e. The molecule has 0 unspecified atom stereocenters. The molecule has 0 aliphatic carbocycles. The van der Waals surface area contributed by atoms with Crippen molar-refractivity contribution < 1.29 is 4.79 Å². The molecule has 3 N–H and O–H groups in total. The van der Waals surface area contributed by atoms with Crippen LogP contribution in [0.4, 0.5) is 5.69 Å². The van der Waals surface area contributed by atoms with Crippen LogP contribution in [0.1, 0.15) is 19.8 Å². The number of nitrogens with two attached hydrogens (primary N) is 1. The van der Waals surface area contributed by atoms with Gasteiger partial charge in [-0.2, -0.15) is 0 Å². The normalized spacial score (nSPS) is 11.4. The standard InChI is InChI=1S/C11H13Cl2N3O/c1-2-4-9(17)15-11(14)16-10-7(12)5-3-6-8(10)13/h3,5-6H,2,4H2,1H3,(H3,14,15,16,17). The van der Waals surface area contributed by atoms with Crippen LogP contribution < -0.4 is 11.1 Å². The lowest BCUT2D eigenvalue weighted by Crippen LogP contribution is -2.36. The van der Waals surface area contributed by atoms with Crippen molar-refractivity contribution in [2.75, 3.05) is 0 Å². The van der Waals surface area contributed by atoms with E-state index in [9.17, 15) is 4.79 Å². The molecule has 4 nitrogen and oxygen atoms in total. The number of guanidine groups is 1. The largest absolute Gasteiger partial charge is 0.369 e. The number of rotatable bonds is 3. The Hall–Kier alpha value is -1.26. The summed E-state index contributed by atoms with van der Waals surface area (Å²) >= 11 is 11.8. The average Bonchev–Trinajstić information content (AvgIpc) is 2.24. The molecular weight excluding hydrogens is 261 g/mol. The molecule has 0 aromatic heterocycles. The minimum absolute atomic E-state index is 0.0153. The van der Waals surface area contributed by atoms with Gasteiger partial charge in [0.05, 0.1) is 10.0 Å². The fourth-order valence-electron chi connectivity index (χ4n) is 1.18. The first kappa shape index (κ1) is 13.8. The number of amides is 1. The number of carbonyl (C=O) groups excluding carboxylic acids is 1. The van der Waals surface area contributed by atoms with Gasteiger partial charge < -0.3 is 5.73 Å². The molecule has 0 aliphatic heterocycles. The predicted octanol–water partition coefficient (Wildman–Crippen LogP) is 2.86. The predicted molar refractivity (Wildman–Crippen MR) is 70.8 cm³/mol. The number of hydrogen-bond acceptors (Lipinski definition) is 2. The highest BCUT2D eigenvalue weighted by Gasteiger charge is 2.06. The Balaban J connectivity index is 2.84. The van der Waals surface area contributed by atoms with Gasteiger partial charge in [-0.25, -0.2) is 4.99 Å². The first-order chi connectivity index (χ1) is 8.04. The number of halogens is 2. The van der Waals surface area contributed by atoms with Crippen molar-refractivity contribution in [1.29, 1.82) is 0 Å². The highest BCUT2D eigenvalue weighted by atomic mass is 35.5. The minimum atomic E-state index is -0.183. The summed E-state index contributed by atoms with van der Waals surface area (Å²) in [6, 6.07) is 5.00. The van der Waals surface area contributed by atoms with E-state index in [0.29, 0.717) is 22.2 Å². The van der Waals surface area contributed by atoms with Crippen LogP contribution in [0.5, 0.6) is 0 Å². The summed E-state index contributed by atoms with van der Waals surface area (Å²) in [5.74, 6) is -0.199. The van der Waals surface area contributed by atoms with Gasteiger partial charge in [0.2, 0.25) is 11.9 Å². The molecule has 0 saturated carbocycles. The van der Waals surface area contributed by atoms with Gasteiger partial charge in [-0.05, 0) is 18.6 Å². The maximum atomic E-state index is 11.3. The summed E-state index contributed by atoms with van der Waals surface area (Å²) in [7, 11) is 0. The summed E-state index contributed by atoms with van der Waals surface area (Å²) in [5.41, 5.74) is 5.93. The van der Waals surface area contributed by atoms with Gasteiger partial charge in [-0.1, -0.05) is 36.2 Å². The van der Waals surface area contributed by atoms with E-state index in [-0.39, 0.29) is 11.9 Å². The number of nitrogens with zero attached hydrogens (tertiary/aromatic N) is 1. The number of benzene rings is 1. The quantitative estimate of drug-likeness (QED) is 0.657. The average molecular weight is 274 g/mol. The number of hydrogen-bond donors (Lipinski definition) is 2.